The van der Waals surface area contributed by atoms with Crippen LogP contribution in [0.5, 0.6) is 11.5 Å². The molecular formula is C24H24N4O4. The summed E-state index contributed by atoms with van der Waals surface area (Å²) in [4.78, 5) is 28.2. The van der Waals surface area contributed by atoms with Gasteiger partial charge in [-0.3, -0.25) is 14.6 Å². The second-order valence-electron chi connectivity index (χ2n) is 6.73. The molecule has 3 aromatic rings. The van der Waals surface area contributed by atoms with Gasteiger partial charge in [0.2, 0.25) is 0 Å². The van der Waals surface area contributed by atoms with Gasteiger partial charge in [-0.2, -0.15) is 5.10 Å². The Kier molecular flexibility index (Phi) is 7.91. The minimum Gasteiger partial charge on any atom is -0.490 e. The van der Waals surface area contributed by atoms with Crippen LogP contribution in [0.15, 0.2) is 72.1 Å². The second-order valence-corrected chi connectivity index (χ2v) is 6.73. The molecule has 0 aliphatic rings. The lowest BCUT2D eigenvalue weighted by atomic mass is 10.2. The fraction of sp³-hybridized carbons (Fsp3) is 0.167. The standard InChI is InChI=1S/C24H24N4O4/c1-3-31-22-13-18(14-26-28-24(30)19-8-6-12-25-15-19)10-11-21(22)32-16-23(29)27-20-9-5-4-7-17(20)2/h4-15H,3,16H2,1-2H3,(H,27,29)(H,28,30)/b26-14-. The first-order chi connectivity index (χ1) is 15.6. The number of rotatable bonds is 9. The van der Waals surface area contributed by atoms with Crippen LogP contribution in [0.1, 0.15) is 28.4 Å². The third-order valence-electron chi connectivity index (χ3n) is 4.35. The predicted octanol–water partition coefficient (Wildman–Crippen LogP) is 3.57. The van der Waals surface area contributed by atoms with E-state index in [1.165, 1.54) is 12.4 Å². The van der Waals surface area contributed by atoms with Crippen molar-refractivity contribution in [2.75, 3.05) is 18.5 Å². The predicted molar refractivity (Wildman–Crippen MR) is 122 cm³/mol. The topological polar surface area (TPSA) is 102 Å². The summed E-state index contributed by atoms with van der Waals surface area (Å²) >= 11 is 0. The van der Waals surface area contributed by atoms with E-state index in [1.807, 2.05) is 38.1 Å². The Labute approximate surface area is 186 Å². The molecule has 0 aliphatic heterocycles. The summed E-state index contributed by atoms with van der Waals surface area (Å²) in [5.41, 5.74) is 5.26. The third-order valence-corrected chi connectivity index (χ3v) is 4.35. The van der Waals surface area contributed by atoms with Gasteiger partial charge in [0.25, 0.3) is 11.8 Å². The number of nitrogens with zero attached hydrogens (tertiary/aromatic N) is 2. The number of benzene rings is 2. The highest BCUT2D eigenvalue weighted by atomic mass is 16.5. The monoisotopic (exact) mass is 432 g/mol. The van der Waals surface area contributed by atoms with Crippen LogP contribution in [0.4, 0.5) is 5.69 Å². The quantitative estimate of drug-likeness (QED) is 0.398. The van der Waals surface area contributed by atoms with Crippen LogP contribution in [0.25, 0.3) is 0 Å². The van der Waals surface area contributed by atoms with E-state index in [0.29, 0.717) is 29.2 Å². The second kappa shape index (κ2) is 11.3. The van der Waals surface area contributed by atoms with Crippen LogP contribution in [0, 0.1) is 6.92 Å². The lowest BCUT2D eigenvalue weighted by Crippen LogP contribution is -2.20. The van der Waals surface area contributed by atoms with Crippen molar-refractivity contribution in [1.29, 1.82) is 0 Å². The number of nitrogens with one attached hydrogen (secondary N) is 2. The van der Waals surface area contributed by atoms with Crippen LogP contribution in [0.3, 0.4) is 0 Å². The summed E-state index contributed by atoms with van der Waals surface area (Å²) in [5.74, 6) is 0.270. The Morgan fingerprint density at radius 2 is 1.91 bits per heavy atom. The molecular weight excluding hydrogens is 408 g/mol. The summed E-state index contributed by atoms with van der Waals surface area (Å²) in [7, 11) is 0. The Hall–Kier alpha value is -4.20. The van der Waals surface area contributed by atoms with Gasteiger partial charge >= 0.3 is 0 Å². The zero-order valence-corrected chi connectivity index (χ0v) is 17.9. The number of ether oxygens (including phenoxy) is 2. The van der Waals surface area contributed by atoms with Crippen LogP contribution < -0.4 is 20.2 Å². The van der Waals surface area contributed by atoms with Crippen molar-refractivity contribution in [3.8, 4) is 11.5 Å². The lowest BCUT2D eigenvalue weighted by Gasteiger charge is -2.13. The smallest absolute Gasteiger partial charge is 0.272 e. The number of hydrogen-bond donors (Lipinski definition) is 2. The van der Waals surface area contributed by atoms with E-state index in [4.69, 9.17) is 9.47 Å². The first-order valence-electron chi connectivity index (χ1n) is 10.1. The molecule has 164 valence electrons. The van der Waals surface area contributed by atoms with Gasteiger partial charge in [-0.05, 0) is 61.4 Å². The summed E-state index contributed by atoms with van der Waals surface area (Å²) in [5, 5.41) is 6.79. The maximum atomic E-state index is 12.3. The minimum absolute atomic E-state index is 0.164. The molecule has 2 N–H and O–H groups in total. The van der Waals surface area contributed by atoms with Crippen LogP contribution in [-0.2, 0) is 4.79 Å². The molecule has 0 spiro atoms. The van der Waals surface area contributed by atoms with Gasteiger partial charge in [0, 0.05) is 18.1 Å². The molecule has 0 bridgehead atoms. The molecule has 0 aliphatic carbocycles. The molecule has 2 amide bonds. The molecule has 0 atom stereocenters. The molecule has 0 saturated carbocycles. The molecule has 0 radical (unpaired) electrons. The Bertz CT molecular complexity index is 1100. The molecule has 8 heteroatoms. The summed E-state index contributed by atoms with van der Waals surface area (Å²) in [6.07, 6.45) is 4.54. The summed E-state index contributed by atoms with van der Waals surface area (Å²) < 4.78 is 11.3. The van der Waals surface area contributed by atoms with Crippen LogP contribution in [-0.4, -0.2) is 36.2 Å². The molecule has 1 heterocycles. The zero-order chi connectivity index (χ0) is 22.8. The highest BCUT2D eigenvalue weighted by molar-refractivity contribution is 5.94. The fourth-order valence-electron chi connectivity index (χ4n) is 2.76. The first-order valence-corrected chi connectivity index (χ1v) is 10.1. The van der Waals surface area contributed by atoms with E-state index < -0.39 is 0 Å². The van der Waals surface area contributed by atoms with Crippen molar-refractivity contribution in [3.05, 3.63) is 83.7 Å². The van der Waals surface area contributed by atoms with Crippen LogP contribution >= 0.6 is 0 Å². The maximum absolute atomic E-state index is 12.3. The SMILES string of the molecule is CCOc1cc(/C=N\NC(=O)c2cccnc2)ccc1OCC(=O)Nc1ccccc1C. The number of carbonyl (C=O) groups excluding carboxylic acids is 2. The molecule has 3 rings (SSSR count). The largest absolute Gasteiger partial charge is 0.490 e. The molecule has 2 aromatic carbocycles. The summed E-state index contributed by atoms with van der Waals surface area (Å²) in [6.45, 7) is 4.03. The molecule has 8 nitrogen and oxygen atoms in total. The minimum atomic E-state index is -0.362. The number of para-hydroxylation sites is 1. The number of aryl methyl sites for hydroxylation is 1. The highest BCUT2D eigenvalue weighted by Crippen LogP contribution is 2.28. The normalized spacial score (nSPS) is 10.6. The van der Waals surface area contributed by atoms with Crippen molar-refractivity contribution in [3.63, 3.8) is 0 Å². The third kappa shape index (κ3) is 6.40. The van der Waals surface area contributed by atoms with Gasteiger partial charge in [-0.15, -0.1) is 0 Å². The van der Waals surface area contributed by atoms with E-state index in [-0.39, 0.29) is 18.4 Å². The van der Waals surface area contributed by atoms with E-state index in [1.54, 1.807) is 36.5 Å². The average molecular weight is 432 g/mol. The van der Waals surface area contributed by atoms with Crippen molar-refractivity contribution in [2.24, 2.45) is 5.10 Å². The Morgan fingerprint density at radius 3 is 2.66 bits per heavy atom. The van der Waals surface area contributed by atoms with Crippen molar-refractivity contribution >= 4 is 23.7 Å². The molecule has 1 aromatic heterocycles. The van der Waals surface area contributed by atoms with E-state index >= 15 is 0 Å². The van der Waals surface area contributed by atoms with E-state index in [0.717, 1.165) is 11.3 Å². The lowest BCUT2D eigenvalue weighted by molar-refractivity contribution is -0.118. The van der Waals surface area contributed by atoms with Gasteiger partial charge < -0.3 is 14.8 Å². The Balaban J connectivity index is 1.60. The Morgan fingerprint density at radius 1 is 1.06 bits per heavy atom. The number of anilines is 1. The first kappa shape index (κ1) is 22.5. The van der Waals surface area contributed by atoms with Gasteiger partial charge in [-0.25, -0.2) is 5.43 Å². The van der Waals surface area contributed by atoms with Gasteiger partial charge in [0.1, 0.15) is 0 Å². The highest BCUT2D eigenvalue weighted by Gasteiger charge is 2.10. The average Bonchev–Trinajstić information content (AvgIpc) is 2.81. The van der Waals surface area contributed by atoms with E-state index in [9.17, 15) is 9.59 Å². The van der Waals surface area contributed by atoms with Gasteiger partial charge in [0.05, 0.1) is 18.4 Å². The maximum Gasteiger partial charge on any atom is 0.272 e. The molecule has 0 fully saturated rings. The number of aromatic nitrogens is 1. The van der Waals surface area contributed by atoms with Gasteiger partial charge in [-0.1, -0.05) is 18.2 Å². The number of carbonyl (C=O) groups is 2. The van der Waals surface area contributed by atoms with Crippen molar-refractivity contribution in [1.82, 2.24) is 10.4 Å². The van der Waals surface area contributed by atoms with Gasteiger partial charge in [0.15, 0.2) is 18.1 Å². The zero-order valence-electron chi connectivity index (χ0n) is 17.9. The van der Waals surface area contributed by atoms with Crippen molar-refractivity contribution < 1.29 is 19.1 Å². The van der Waals surface area contributed by atoms with Crippen LogP contribution in [0.2, 0.25) is 0 Å². The molecule has 0 saturated heterocycles. The number of amides is 2. The number of hydrazone groups is 1. The molecule has 32 heavy (non-hydrogen) atoms. The fourth-order valence-corrected chi connectivity index (χ4v) is 2.76. The van der Waals surface area contributed by atoms with E-state index in [2.05, 4.69) is 20.8 Å². The summed E-state index contributed by atoms with van der Waals surface area (Å²) in [6, 6.07) is 16.0. The molecule has 0 unspecified atom stereocenters. The number of pyridine rings is 1. The number of hydrogen-bond acceptors (Lipinski definition) is 6. The van der Waals surface area contributed by atoms with Crippen molar-refractivity contribution in [2.45, 2.75) is 13.8 Å².